The highest BCUT2D eigenvalue weighted by molar-refractivity contribution is 5.26. The molecule has 1 aromatic carbocycles. The van der Waals surface area contributed by atoms with Gasteiger partial charge in [0.05, 0.1) is 0 Å². The Morgan fingerprint density at radius 3 is 2.73 bits per heavy atom. The Bertz CT molecular complexity index is 349. The molecule has 2 saturated heterocycles. The van der Waals surface area contributed by atoms with E-state index in [4.69, 9.17) is 0 Å². The highest BCUT2D eigenvalue weighted by Gasteiger charge is 2.36. The lowest BCUT2D eigenvalue weighted by molar-refractivity contribution is 0.218. The van der Waals surface area contributed by atoms with Gasteiger partial charge in [0.1, 0.15) is 5.75 Å². The minimum atomic E-state index is 0.350. The predicted octanol–water partition coefficient (Wildman–Crippen LogP) is 0.938. The fourth-order valence-electron chi connectivity index (χ4n) is 2.68. The van der Waals surface area contributed by atoms with E-state index in [1.54, 1.807) is 12.1 Å². The van der Waals surface area contributed by atoms with Gasteiger partial charge in [-0.05, 0) is 24.1 Å². The summed E-state index contributed by atoms with van der Waals surface area (Å²) in [4.78, 5) is 2.54. The maximum Gasteiger partial charge on any atom is 0.115 e. The van der Waals surface area contributed by atoms with Crippen molar-refractivity contribution in [2.75, 3.05) is 13.1 Å². The normalized spacial score (nSPS) is 29.9. The number of piperazine rings is 1. The van der Waals surface area contributed by atoms with Gasteiger partial charge >= 0.3 is 0 Å². The van der Waals surface area contributed by atoms with Crippen molar-refractivity contribution in [1.29, 1.82) is 0 Å². The topological polar surface area (TPSA) is 35.5 Å². The minimum Gasteiger partial charge on any atom is -0.508 e. The second-order valence-corrected chi connectivity index (χ2v) is 4.59. The maximum atomic E-state index is 9.20. The van der Waals surface area contributed by atoms with Crippen molar-refractivity contribution in [3.05, 3.63) is 29.8 Å². The lowest BCUT2D eigenvalue weighted by Crippen LogP contribution is -2.42. The third kappa shape index (κ3) is 1.73. The average molecular weight is 204 g/mol. The molecule has 2 bridgehead atoms. The molecule has 2 heterocycles. The van der Waals surface area contributed by atoms with E-state index in [-0.39, 0.29) is 0 Å². The van der Waals surface area contributed by atoms with E-state index in [2.05, 4.69) is 10.2 Å². The molecule has 3 rings (SSSR count). The van der Waals surface area contributed by atoms with E-state index in [9.17, 15) is 5.11 Å². The van der Waals surface area contributed by atoms with Gasteiger partial charge in [-0.1, -0.05) is 12.1 Å². The Kier molecular flexibility index (Phi) is 2.15. The van der Waals surface area contributed by atoms with E-state index in [1.807, 2.05) is 12.1 Å². The summed E-state index contributed by atoms with van der Waals surface area (Å²) < 4.78 is 0. The van der Waals surface area contributed by atoms with Crippen LogP contribution in [0.25, 0.3) is 0 Å². The van der Waals surface area contributed by atoms with Crippen LogP contribution in [0, 0.1) is 0 Å². The summed E-state index contributed by atoms with van der Waals surface area (Å²) >= 11 is 0. The molecule has 3 heteroatoms. The van der Waals surface area contributed by atoms with Crippen molar-refractivity contribution < 1.29 is 5.11 Å². The Labute approximate surface area is 89.7 Å². The number of phenolic OH excluding ortho intramolecular Hbond substituents is 1. The van der Waals surface area contributed by atoms with Crippen molar-refractivity contribution in [2.24, 2.45) is 0 Å². The number of rotatable bonds is 2. The van der Waals surface area contributed by atoms with Crippen LogP contribution < -0.4 is 5.32 Å². The molecule has 2 atom stereocenters. The fraction of sp³-hybridized carbons (Fsp3) is 0.500. The molecule has 2 aliphatic heterocycles. The zero-order valence-corrected chi connectivity index (χ0v) is 8.69. The van der Waals surface area contributed by atoms with Crippen LogP contribution in [0.1, 0.15) is 12.0 Å². The van der Waals surface area contributed by atoms with Crippen molar-refractivity contribution >= 4 is 0 Å². The van der Waals surface area contributed by atoms with Crippen LogP contribution in [0.15, 0.2) is 24.3 Å². The molecular formula is C12H16N2O. The molecule has 0 aromatic heterocycles. The number of hydrogen-bond acceptors (Lipinski definition) is 3. The van der Waals surface area contributed by atoms with Gasteiger partial charge in [-0.2, -0.15) is 0 Å². The first-order valence-corrected chi connectivity index (χ1v) is 5.56. The number of fused-ring (bicyclic) bond motifs is 2. The lowest BCUT2D eigenvalue weighted by Gasteiger charge is -2.27. The van der Waals surface area contributed by atoms with Gasteiger partial charge in [0.2, 0.25) is 0 Å². The van der Waals surface area contributed by atoms with Gasteiger partial charge < -0.3 is 10.4 Å². The van der Waals surface area contributed by atoms with Gasteiger partial charge in [-0.25, -0.2) is 0 Å². The minimum absolute atomic E-state index is 0.350. The van der Waals surface area contributed by atoms with Crippen LogP contribution in [0.5, 0.6) is 5.75 Å². The smallest absolute Gasteiger partial charge is 0.115 e. The van der Waals surface area contributed by atoms with Crippen LogP contribution in [0.3, 0.4) is 0 Å². The number of nitrogens with zero attached hydrogens (tertiary/aromatic N) is 1. The molecule has 1 aromatic rings. The summed E-state index contributed by atoms with van der Waals surface area (Å²) in [6.07, 6.45) is 1.30. The van der Waals surface area contributed by atoms with E-state index in [0.29, 0.717) is 11.8 Å². The molecule has 2 N–H and O–H groups in total. The number of phenols is 1. The Balaban J connectivity index is 1.68. The third-order valence-electron chi connectivity index (χ3n) is 3.49. The molecule has 80 valence electrons. The van der Waals surface area contributed by atoms with Crippen LogP contribution in [0.2, 0.25) is 0 Å². The van der Waals surface area contributed by atoms with Crippen molar-refractivity contribution in [3.8, 4) is 5.75 Å². The molecule has 0 aliphatic carbocycles. The van der Waals surface area contributed by atoms with Crippen LogP contribution in [-0.2, 0) is 6.54 Å². The molecule has 15 heavy (non-hydrogen) atoms. The summed E-state index contributed by atoms with van der Waals surface area (Å²) in [5.41, 5.74) is 1.29. The summed E-state index contributed by atoms with van der Waals surface area (Å²) in [6.45, 7) is 3.33. The van der Waals surface area contributed by atoms with E-state index in [0.717, 1.165) is 19.1 Å². The average Bonchev–Trinajstić information content (AvgIpc) is 2.83. The SMILES string of the molecule is Oc1ccc(CN2C[C@@H]3C[C@H]2CN3)cc1. The Morgan fingerprint density at radius 1 is 1.33 bits per heavy atom. The predicted molar refractivity (Wildman–Crippen MR) is 58.7 cm³/mol. The fourth-order valence-corrected chi connectivity index (χ4v) is 2.68. The van der Waals surface area contributed by atoms with Crippen LogP contribution in [-0.4, -0.2) is 35.2 Å². The second-order valence-electron chi connectivity index (χ2n) is 4.59. The number of likely N-dealkylation sites (tertiary alicyclic amines) is 1. The Morgan fingerprint density at radius 2 is 2.13 bits per heavy atom. The monoisotopic (exact) mass is 204 g/mol. The quantitative estimate of drug-likeness (QED) is 0.752. The largest absolute Gasteiger partial charge is 0.508 e. The standard InChI is InChI=1S/C12H16N2O/c15-12-3-1-9(2-4-12)7-14-8-10-5-11(14)6-13-10/h1-4,10-11,13,15H,5-8H2/t10-,11-/m0/s1. The number of benzene rings is 1. The molecule has 0 spiro atoms. The first kappa shape index (κ1) is 9.19. The highest BCUT2D eigenvalue weighted by atomic mass is 16.3. The van der Waals surface area contributed by atoms with Crippen LogP contribution >= 0.6 is 0 Å². The van der Waals surface area contributed by atoms with Crippen molar-refractivity contribution in [1.82, 2.24) is 10.2 Å². The molecule has 0 saturated carbocycles. The summed E-state index contributed by atoms with van der Waals surface area (Å²) in [5, 5.41) is 12.7. The highest BCUT2D eigenvalue weighted by Crippen LogP contribution is 2.25. The maximum absolute atomic E-state index is 9.20. The zero-order chi connectivity index (χ0) is 10.3. The third-order valence-corrected chi connectivity index (χ3v) is 3.49. The first-order valence-electron chi connectivity index (χ1n) is 5.56. The van der Waals surface area contributed by atoms with E-state index < -0.39 is 0 Å². The number of aromatic hydroxyl groups is 1. The van der Waals surface area contributed by atoms with Gasteiger partial charge in [-0.15, -0.1) is 0 Å². The van der Waals surface area contributed by atoms with E-state index >= 15 is 0 Å². The molecule has 0 unspecified atom stereocenters. The second kappa shape index (κ2) is 3.51. The molecule has 0 radical (unpaired) electrons. The van der Waals surface area contributed by atoms with Gasteiger partial charge in [0, 0.05) is 31.7 Å². The summed E-state index contributed by atoms with van der Waals surface area (Å²) in [6, 6.07) is 8.99. The summed E-state index contributed by atoms with van der Waals surface area (Å²) in [7, 11) is 0. The lowest BCUT2D eigenvalue weighted by atomic mass is 10.2. The molecular weight excluding hydrogens is 188 g/mol. The number of hydrogen-bond donors (Lipinski definition) is 2. The van der Waals surface area contributed by atoms with Crippen molar-refractivity contribution in [3.63, 3.8) is 0 Å². The zero-order valence-electron chi connectivity index (χ0n) is 8.69. The first-order chi connectivity index (χ1) is 7.31. The van der Waals surface area contributed by atoms with Crippen molar-refractivity contribution in [2.45, 2.75) is 25.0 Å². The molecule has 2 aliphatic rings. The van der Waals surface area contributed by atoms with Crippen LogP contribution in [0.4, 0.5) is 0 Å². The molecule has 3 nitrogen and oxygen atoms in total. The molecule has 0 amide bonds. The Hall–Kier alpha value is -1.06. The van der Waals surface area contributed by atoms with Gasteiger partial charge in [0.25, 0.3) is 0 Å². The van der Waals surface area contributed by atoms with Gasteiger partial charge in [-0.3, -0.25) is 4.90 Å². The van der Waals surface area contributed by atoms with Gasteiger partial charge in [0.15, 0.2) is 0 Å². The van der Waals surface area contributed by atoms with E-state index in [1.165, 1.54) is 18.5 Å². The molecule has 2 fully saturated rings. The summed E-state index contributed by atoms with van der Waals surface area (Å²) in [5.74, 6) is 0.350. The number of nitrogens with one attached hydrogen (secondary N) is 1.